The minimum Gasteiger partial charge on any atom is -0.329 e. The van der Waals surface area contributed by atoms with E-state index in [1.807, 2.05) is 24.3 Å². The van der Waals surface area contributed by atoms with E-state index < -0.39 is 0 Å². The second-order valence-electron chi connectivity index (χ2n) is 5.38. The molecule has 0 bridgehead atoms. The Kier molecular flexibility index (Phi) is 3.23. The summed E-state index contributed by atoms with van der Waals surface area (Å²) in [6.07, 6.45) is 4.21. The molecule has 3 rings (SSSR count). The van der Waals surface area contributed by atoms with Crippen molar-refractivity contribution in [3.8, 4) is 0 Å². The maximum atomic E-state index is 12.5. The highest BCUT2D eigenvalue weighted by molar-refractivity contribution is 5.96. The number of nitrogens with one attached hydrogen (secondary N) is 1. The molecule has 1 aliphatic carbocycles. The van der Waals surface area contributed by atoms with E-state index in [2.05, 4.69) is 5.32 Å². The van der Waals surface area contributed by atoms with E-state index >= 15 is 0 Å². The van der Waals surface area contributed by atoms with Gasteiger partial charge in [-0.2, -0.15) is 0 Å². The van der Waals surface area contributed by atoms with Gasteiger partial charge in [-0.25, -0.2) is 0 Å². The first kappa shape index (κ1) is 12.2. The lowest BCUT2D eigenvalue weighted by molar-refractivity contribution is -0.138. The van der Waals surface area contributed by atoms with Crippen LogP contribution in [-0.2, 0) is 16.1 Å². The molecule has 19 heavy (non-hydrogen) atoms. The summed E-state index contributed by atoms with van der Waals surface area (Å²) in [7, 11) is 0. The molecule has 1 fully saturated rings. The Bertz CT molecular complexity index is 507. The number of carbonyl (C=O) groups is 2. The van der Waals surface area contributed by atoms with E-state index in [1.165, 1.54) is 0 Å². The molecule has 4 heteroatoms. The van der Waals surface area contributed by atoms with E-state index in [0.717, 1.165) is 36.9 Å². The summed E-state index contributed by atoms with van der Waals surface area (Å²) in [6, 6.07) is 7.69. The Morgan fingerprint density at radius 2 is 1.89 bits per heavy atom. The Balaban J connectivity index is 1.83. The third-order valence-electron chi connectivity index (χ3n) is 4.00. The highest BCUT2D eigenvalue weighted by atomic mass is 16.2. The molecular formula is C15H18N2O2. The van der Waals surface area contributed by atoms with Crippen LogP contribution in [0.25, 0.3) is 0 Å². The molecule has 1 aromatic rings. The molecule has 100 valence electrons. The van der Waals surface area contributed by atoms with Gasteiger partial charge in [0.15, 0.2) is 0 Å². The minimum absolute atomic E-state index is 0.101. The zero-order valence-corrected chi connectivity index (χ0v) is 10.9. The zero-order chi connectivity index (χ0) is 13.2. The Morgan fingerprint density at radius 3 is 2.68 bits per heavy atom. The Labute approximate surface area is 112 Å². The van der Waals surface area contributed by atoms with Gasteiger partial charge in [0.05, 0.1) is 0 Å². The third kappa shape index (κ3) is 2.48. The summed E-state index contributed by atoms with van der Waals surface area (Å²) in [5.74, 6) is 0.165. The van der Waals surface area contributed by atoms with Crippen LogP contribution in [0.3, 0.4) is 0 Å². The first-order valence-corrected chi connectivity index (χ1v) is 6.90. The topological polar surface area (TPSA) is 49.4 Å². The van der Waals surface area contributed by atoms with Crippen LogP contribution in [-0.4, -0.2) is 23.3 Å². The second-order valence-corrected chi connectivity index (χ2v) is 5.38. The van der Waals surface area contributed by atoms with Crippen LogP contribution in [0.15, 0.2) is 24.3 Å². The fourth-order valence-corrected chi connectivity index (χ4v) is 2.99. The third-order valence-corrected chi connectivity index (χ3v) is 4.00. The molecule has 0 spiro atoms. The van der Waals surface area contributed by atoms with Gasteiger partial charge in [-0.05, 0) is 24.5 Å². The summed E-state index contributed by atoms with van der Waals surface area (Å²) >= 11 is 0. The molecule has 1 saturated carbocycles. The van der Waals surface area contributed by atoms with Crippen molar-refractivity contribution in [2.75, 3.05) is 11.9 Å². The van der Waals surface area contributed by atoms with Crippen LogP contribution in [0.5, 0.6) is 0 Å². The van der Waals surface area contributed by atoms with Crippen LogP contribution in [0.2, 0.25) is 0 Å². The van der Waals surface area contributed by atoms with Crippen molar-refractivity contribution < 1.29 is 9.59 Å². The van der Waals surface area contributed by atoms with Crippen LogP contribution in [0.1, 0.15) is 31.2 Å². The van der Waals surface area contributed by atoms with Gasteiger partial charge in [-0.3, -0.25) is 9.59 Å². The zero-order valence-electron chi connectivity index (χ0n) is 10.9. The lowest BCUT2D eigenvalue weighted by Crippen LogP contribution is -2.38. The van der Waals surface area contributed by atoms with Crippen LogP contribution >= 0.6 is 0 Å². The fraction of sp³-hybridized carbons (Fsp3) is 0.467. The molecule has 4 nitrogen and oxygen atoms in total. The standard InChI is InChI=1S/C15H18N2O2/c18-14-10-17(15(19)11-5-1-2-6-11)9-12-7-3-4-8-13(12)16-14/h3-4,7-8,11H,1-2,5-6,9-10H2,(H,16,18). The second kappa shape index (κ2) is 5.03. The van der Waals surface area contributed by atoms with Gasteiger partial charge in [0.2, 0.25) is 11.8 Å². The minimum atomic E-state index is -0.101. The number of anilines is 1. The first-order valence-electron chi connectivity index (χ1n) is 6.90. The molecule has 0 radical (unpaired) electrons. The van der Waals surface area contributed by atoms with Crippen molar-refractivity contribution in [1.29, 1.82) is 0 Å². The van der Waals surface area contributed by atoms with Gasteiger partial charge in [-0.1, -0.05) is 31.0 Å². The molecule has 0 unspecified atom stereocenters. The van der Waals surface area contributed by atoms with Gasteiger partial charge in [0.1, 0.15) is 6.54 Å². The number of para-hydroxylation sites is 1. The highest BCUT2D eigenvalue weighted by Crippen LogP contribution is 2.28. The monoisotopic (exact) mass is 258 g/mol. The van der Waals surface area contributed by atoms with Crippen molar-refractivity contribution in [2.24, 2.45) is 5.92 Å². The average Bonchev–Trinajstić information content (AvgIpc) is 2.87. The molecule has 1 aromatic carbocycles. The summed E-state index contributed by atoms with van der Waals surface area (Å²) in [5, 5.41) is 2.86. The number of amides is 2. The molecule has 2 amide bonds. The van der Waals surface area contributed by atoms with Crippen LogP contribution in [0, 0.1) is 5.92 Å². The molecule has 0 atom stereocenters. The number of nitrogens with zero attached hydrogens (tertiary/aromatic N) is 1. The van der Waals surface area contributed by atoms with Crippen molar-refractivity contribution in [3.05, 3.63) is 29.8 Å². The van der Waals surface area contributed by atoms with Crippen LogP contribution in [0.4, 0.5) is 5.69 Å². The number of hydrogen-bond acceptors (Lipinski definition) is 2. The fourth-order valence-electron chi connectivity index (χ4n) is 2.99. The van der Waals surface area contributed by atoms with Gasteiger partial charge < -0.3 is 10.2 Å². The molecule has 1 aliphatic heterocycles. The quantitative estimate of drug-likeness (QED) is 0.839. The lowest BCUT2D eigenvalue weighted by atomic mass is 10.1. The Morgan fingerprint density at radius 1 is 1.16 bits per heavy atom. The average molecular weight is 258 g/mol. The van der Waals surface area contributed by atoms with E-state index in [9.17, 15) is 9.59 Å². The van der Waals surface area contributed by atoms with Gasteiger partial charge in [0, 0.05) is 18.2 Å². The summed E-state index contributed by atoms with van der Waals surface area (Å²) < 4.78 is 0. The SMILES string of the molecule is O=C1CN(C(=O)C2CCCC2)Cc2ccccc2N1. The molecular weight excluding hydrogens is 240 g/mol. The Hall–Kier alpha value is -1.84. The summed E-state index contributed by atoms with van der Waals surface area (Å²) in [5.41, 5.74) is 1.84. The number of fused-ring (bicyclic) bond motifs is 1. The van der Waals surface area contributed by atoms with Gasteiger partial charge >= 0.3 is 0 Å². The van der Waals surface area contributed by atoms with Gasteiger partial charge in [-0.15, -0.1) is 0 Å². The molecule has 1 N–H and O–H groups in total. The maximum Gasteiger partial charge on any atom is 0.244 e. The van der Waals surface area contributed by atoms with Crippen LogP contribution < -0.4 is 5.32 Å². The number of rotatable bonds is 1. The summed E-state index contributed by atoms with van der Waals surface area (Å²) in [6.45, 7) is 0.703. The first-order chi connectivity index (χ1) is 9.24. The van der Waals surface area contributed by atoms with E-state index in [-0.39, 0.29) is 24.3 Å². The van der Waals surface area contributed by atoms with E-state index in [0.29, 0.717) is 6.54 Å². The normalized spacial score (nSPS) is 19.8. The molecule has 0 aromatic heterocycles. The lowest BCUT2D eigenvalue weighted by Gasteiger charge is -2.23. The highest BCUT2D eigenvalue weighted by Gasteiger charge is 2.30. The van der Waals surface area contributed by atoms with Crippen molar-refractivity contribution in [3.63, 3.8) is 0 Å². The van der Waals surface area contributed by atoms with E-state index in [4.69, 9.17) is 0 Å². The van der Waals surface area contributed by atoms with Gasteiger partial charge in [0.25, 0.3) is 0 Å². The molecule has 0 saturated heterocycles. The molecule has 2 aliphatic rings. The number of carbonyl (C=O) groups excluding carboxylic acids is 2. The smallest absolute Gasteiger partial charge is 0.244 e. The van der Waals surface area contributed by atoms with Crippen molar-refractivity contribution in [2.45, 2.75) is 32.2 Å². The largest absolute Gasteiger partial charge is 0.329 e. The predicted molar refractivity (Wildman–Crippen MR) is 72.4 cm³/mol. The number of benzene rings is 1. The predicted octanol–water partition coefficient (Wildman–Crippen LogP) is 2.16. The molecule has 1 heterocycles. The van der Waals surface area contributed by atoms with Crippen molar-refractivity contribution >= 4 is 17.5 Å². The van der Waals surface area contributed by atoms with E-state index in [1.54, 1.807) is 4.90 Å². The number of hydrogen-bond donors (Lipinski definition) is 1. The maximum absolute atomic E-state index is 12.5. The summed E-state index contributed by atoms with van der Waals surface area (Å²) in [4.78, 5) is 26.0. The van der Waals surface area contributed by atoms with Crippen molar-refractivity contribution in [1.82, 2.24) is 4.90 Å².